The van der Waals surface area contributed by atoms with Gasteiger partial charge >= 0.3 is 0 Å². The fourth-order valence-electron chi connectivity index (χ4n) is 2.85. The molecule has 2 aromatic carbocycles. The first-order valence-corrected chi connectivity index (χ1v) is 7.48. The maximum Gasteiger partial charge on any atom is 0.253 e. The van der Waals surface area contributed by atoms with Crippen LogP contribution >= 0.6 is 0 Å². The highest BCUT2D eigenvalue weighted by Gasteiger charge is 2.34. The number of likely N-dealkylation sites (tertiary alicyclic amines) is 1. The number of carbonyl (C=O) groups is 1. The standard InChI is InChI=1S/C18H14N4O/c19-9-12-5-7-13(8-6-12)18(23)22-10-14(11-22)17-20-15-3-1-2-4-16(15)21-17/h1-8,14H,10-11H2,(H,20,21). The molecule has 4 rings (SSSR count). The number of para-hydroxylation sites is 2. The van der Waals surface area contributed by atoms with Crippen molar-refractivity contribution in [2.75, 3.05) is 13.1 Å². The van der Waals surface area contributed by atoms with E-state index in [2.05, 4.69) is 16.0 Å². The zero-order valence-electron chi connectivity index (χ0n) is 12.4. The van der Waals surface area contributed by atoms with Crippen LogP contribution in [-0.4, -0.2) is 33.9 Å². The summed E-state index contributed by atoms with van der Waals surface area (Å²) >= 11 is 0. The third kappa shape index (κ3) is 2.34. The van der Waals surface area contributed by atoms with Gasteiger partial charge in [0.1, 0.15) is 5.82 Å². The van der Waals surface area contributed by atoms with Gasteiger partial charge in [0.25, 0.3) is 5.91 Å². The van der Waals surface area contributed by atoms with Crippen molar-refractivity contribution in [2.45, 2.75) is 5.92 Å². The molecule has 1 aromatic heterocycles. The van der Waals surface area contributed by atoms with Crippen molar-refractivity contribution in [3.05, 3.63) is 65.5 Å². The largest absolute Gasteiger partial charge is 0.342 e. The van der Waals surface area contributed by atoms with Gasteiger partial charge in [-0.2, -0.15) is 5.26 Å². The molecule has 1 aliphatic rings. The lowest BCUT2D eigenvalue weighted by Gasteiger charge is -2.38. The molecule has 0 aliphatic carbocycles. The molecule has 23 heavy (non-hydrogen) atoms. The number of aromatic nitrogens is 2. The van der Waals surface area contributed by atoms with E-state index < -0.39 is 0 Å². The van der Waals surface area contributed by atoms with Crippen molar-refractivity contribution >= 4 is 16.9 Å². The molecule has 1 fully saturated rings. The van der Waals surface area contributed by atoms with Crippen LogP contribution in [0.3, 0.4) is 0 Å². The van der Waals surface area contributed by atoms with Gasteiger partial charge in [0.15, 0.2) is 0 Å². The molecule has 112 valence electrons. The molecule has 5 nitrogen and oxygen atoms in total. The van der Waals surface area contributed by atoms with Gasteiger partial charge in [-0.05, 0) is 36.4 Å². The number of hydrogen-bond donors (Lipinski definition) is 1. The lowest BCUT2D eigenvalue weighted by atomic mass is 9.98. The summed E-state index contributed by atoms with van der Waals surface area (Å²) in [4.78, 5) is 22.1. The number of H-pyrrole nitrogens is 1. The molecule has 0 atom stereocenters. The van der Waals surface area contributed by atoms with Crippen molar-refractivity contribution in [2.24, 2.45) is 0 Å². The Bertz CT molecular complexity index is 881. The highest BCUT2D eigenvalue weighted by atomic mass is 16.2. The van der Waals surface area contributed by atoms with Gasteiger partial charge in [-0.25, -0.2) is 4.98 Å². The second kappa shape index (κ2) is 5.25. The minimum absolute atomic E-state index is 0.00171. The fraction of sp³-hybridized carbons (Fsp3) is 0.167. The van der Waals surface area contributed by atoms with Crippen LogP contribution in [0, 0.1) is 11.3 Å². The zero-order chi connectivity index (χ0) is 15.8. The second-order valence-electron chi connectivity index (χ2n) is 5.74. The SMILES string of the molecule is N#Cc1ccc(C(=O)N2CC(c3nc4ccccc4[nH]3)C2)cc1. The van der Waals surface area contributed by atoms with Crippen molar-refractivity contribution in [3.8, 4) is 6.07 Å². The Morgan fingerprint density at radius 2 is 1.91 bits per heavy atom. The number of imidazole rings is 1. The lowest BCUT2D eigenvalue weighted by Crippen LogP contribution is -2.48. The molecule has 0 bridgehead atoms. The number of benzene rings is 2. The number of carbonyl (C=O) groups excluding carboxylic acids is 1. The average Bonchev–Trinajstić information content (AvgIpc) is 2.97. The molecule has 1 saturated heterocycles. The number of nitrogens with one attached hydrogen (secondary N) is 1. The third-order valence-electron chi connectivity index (χ3n) is 4.22. The van der Waals surface area contributed by atoms with Crippen LogP contribution in [0.2, 0.25) is 0 Å². The van der Waals surface area contributed by atoms with Gasteiger partial charge in [0, 0.05) is 18.7 Å². The Morgan fingerprint density at radius 1 is 1.17 bits per heavy atom. The predicted octanol–water partition coefficient (Wildman–Crippen LogP) is 2.67. The van der Waals surface area contributed by atoms with Crippen LogP contribution in [0.15, 0.2) is 48.5 Å². The summed E-state index contributed by atoms with van der Waals surface area (Å²) in [5.74, 6) is 1.20. The summed E-state index contributed by atoms with van der Waals surface area (Å²) in [7, 11) is 0. The van der Waals surface area contributed by atoms with E-state index in [1.54, 1.807) is 29.2 Å². The number of rotatable bonds is 2. The molecule has 1 aliphatic heterocycles. The minimum Gasteiger partial charge on any atom is -0.342 e. The van der Waals surface area contributed by atoms with Crippen molar-refractivity contribution in [3.63, 3.8) is 0 Å². The van der Waals surface area contributed by atoms with E-state index in [1.807, 2.05) is 24.3 Å². The molecule has 2 heterocycles. The molecule has 1 N–H and O–H groups in total. The Balaban J connectivity index is 1.46. The third-order valence-corrected chi connectivity index (χ3v) is 4.22. The second-order valence-corrected chi connectivity index (χ2v) is 5.74. The molecular formula is C18H14N4O. The number of nitriles is 1. The number of nitrogens with zero attached hydrogens (tertiary/aromatic N) is 3. The van der Waals surface area contributed by atoms with E-state index >= 15 is 0 Å². The monoisotopic (exact) mass is 302 g/mol. The fourth-order valence-corrected chi connectivity index (χ4v) is 2.85. The van der Waals surface area contributed by atoms with Crippen LogP contribution in [0.25, 0.3) is 11.0 Å². The smallest absolute Gasteiger partial charge is 0.253 e. The van der Waals surface area contributed by atoms with Gasteiger partial charge in [-0.15, -0.1) is 0 Å². The molecule has 0 saturated carbocycles. The van der Waals surface area contributed by atoms with E-state index in [9.17, 15) is 4.79 Å². The van der Waals surface area contributed by atoms with Gasteiger partial charge in [0.2, 0.25) is 0 Å². The summed E-state index contributed by atoms with van der Waals surface area (Å²) in [6.07, 6.45) is 0. The molecule has 0 spiro atoms. The highest BCUT2D eigenvalue weighted by molar-refractivity contribution is 5.95. The Kier molecular flexibility index (Phi) is 3.09. The van der Waals surface area contributed by atoms with Crippen molar-refractivity contribution in [1.82, 2.24) is 14.9 Å². The first-order chi connectivity index (χ1) is 11.2. The Morgan fingerprint density at radius 3 is 2.61 bits per heavy atom. The summed E-state index contributed by atoms with van der Waals surface area (Å²) in [5.41, 5.74) is 3.16. The summed E-state index contributed by atoms with van der Waals surface area (Å²) in [6, 6.07) is 16.7. The van der Waals surface area contributed by atoms with Crippen LogP contribution in [0.5, 0.6) is 0 Å². The van der Waals surface area contributed by atoms with E-state index in [0.717, 1.165) is 16.9 Å². The van der Waals surface area contributed by atoms with Crippen LogP contribution < -0.4 is 0 Å². The maximum absolute atomic E-state index is 12.4. The number of aromatic amines is 1. The number of hydrogen-bond acceptors (Lipinski definition) is 3. The minimum atomic E-state index is 0.00171. The average molecular weight is 302 g/mol. The maximum atomic E-state index is 12.4. The quantitative estimate of drug-likeness (QED) is 0.791. The normalized spacial score (nSPS) is 14.5. The highest BCUT2D eigenvalue weighted by Crippen LogP contribution is 2.28. The van der Waals surface area contributed by atoms with Crippen molar-refractivity contribution < 1.29 is 4.79 Å². The van der Waals surface area contributed by atoms with Gasteiger partial charge < -0.3 is 9.88 Å². The van der Waals surface area contributed by atoms with E-state index in [-0.39, 0.29) is 11.8 Å². The Labute approximate surface area is 133 Å². The van der Waals surface area contributed by atoms with Gasteiger partial charge in [-0.3, -0.25) is 4.79 Å². The first-order valence-electron chi connectivity index (χ1n) is 7.48. The van der Waals surface area contributed by atoms with Gasteiger partial charge in [-0.1, -0.05) is 12.1 Å². The van der Waals surface area contributed by atoms with Crippen molar-refractivity contribution in [1.29, 1.82) is 5.26 Å². The van der Waals surface area contributed by atoms with Crippen LogP contribution in [0.1, 0.15) is 27.7 Å². The molecule has 0 radical (unpaired) electrons. The molecule has 3 aromatic rings. The Hall–Kier alpha value is -3.13. The number of fused-ring (bicyclic) bond motifs is 1. The summed E-state index contributed by atoms with van der Waals surface area (Å²) < 4.78 is 0. The topological polar surface area (TPSA) is 72.8 Å². The first kappa shape index (κ1) is 13.5. The van der Waals surface area contributed by atoms with E-state index in [0.29, 0.717) is 24.2 Å². The van der Waals surface area contributed by atoms with E-state index in [1.165, 1.54) is 0 Å². The van der Waals surface area contributed by atoms with Crippen LogP contribution in [-0.2, 0) is 0 Å². The molecule has 0 unspecified atom stereocenters. The predicted molar refractivity (Wildman–Crippen MR) is 85.9 cm³/mol. The lowest BCUT2D eigenvalue weighted by molar-refractivity contribution is 0.0596. The molecule has 1 amide bonds. The molecular weight excluding hydrogens is 288 g/mol. The zero-order valence-corrected chi connectivity index (χ0v) is 12.4. The van der Waals surface area contributed by atoms with Crippen LogP contribution in [0.4, 0.5) is 0 Å². The summed E-state index contributed by atoms with van der Waals surface area (Å²) in [6.45, 7) is 1.33. The number of amides is 1. The summed E-state index contributed by atoms with van der Waals surface area (Å²) in [5, 5.41) is 8.80. The van der Waals surface area contributed by atoms with Gasteiger partial charge in [0.05, 0.1) is 28.6 Å². The molecule has 5 heteroatoms. The van der Waals surface area contributed by atoms with E-state index in [4.69, 9.17) is 5.26 Å².